The van der Waals surface area contributed by atoms with Gasteiger partial charge in [0, 0.05) is 16.1 Å². The number of nitrogens with two attached hydrogens (primary N) is 1. The topological polar surface area (TPSA) is 62.7 Å². The van der Waals surface area contributed by atoms with E-state index in [1.165, 1.54) is 0 Å². The molecule has 0 atom stereocenters. The molecule has 3 nitrogen and oxygen atoms in total. The van der Waals surface area contributed by atoms with Gasteiger partial charge in [0.25, 0.3) is 0 Å². The van der Waals surface area contributed by atoms with Crippen LogP contribution in [0.15, 0.2) is 28.9 Å². The van der Waals surface area contributed by atoms with Crippen molar-refractivity contribution in [2.45, 2.75) is 0 Å². The molecule has 0 aliphatic carbocycles. The summed E-state index contributed by atoms with van der Waals surface area (Å²) in [5.41, 5.74) is 6.15. The van der Waals surface area contributed by atoms with Gasteiger partial charge in [-0.05, 0) is 39.5 Å². The highest BCUT2D eigenvalue weighted by Crippen LogP contribution is 2.24. The summed E-state index contributed by atoms with van der Waals surface area (Å²) in [7, 11) is 0. The van der Waals surface area contributed by atoms with Gasteiger partial charge in [0.05, 0.1) is 5.56 Å². The normalized spacial score (nSPS) is 10.0. The summed E-state index contributed by atoms with van der Waals surface area (Å²) >= 11 is 3.31. The Morgan fingerprint density at radius 3 is 2.79 bits per heavy atom. The highest BCUT2D eigenvalue weighted by atomic mass is 79.9. The Labute approximate surface area is 89.3 Å². The first-order valence-electron chi connectivity index (χ1n) is 3.95. The summed E-state index contributed by atoms with van der Waals surface area (Å²) in [5.74, 6) is 0.462. The lowest BCUT2D eigenvalue weighted by atomic mass is 10.1. The van der Waals surface area contributed by atoms with Crippen LogP contribution in [0.3, 0.4) is 0 Å². The maximum atomic E-state index is 8.82. The van der Waals surface area contributed by atoms with Gasteiger partial charge in [-0.2, -0.15) is 5.26 Å². The Kier molecular flexibility index (Phi) is 2.10. The number of nitriles is 1. The predicted molar refractivity (Wildman–Crippen MR) is 58.6 cm³/mol. The molecule has 0 aliphatic rings. The van der Waals surface area contributed by atoms with Crippen molar-refractivity contribution in [3.05, 3.63) is 34.4 Å². The monoisotopic (exact) mass is 247 g/mol. The van der Waals surface area contributed by atoms with Gasteiger partial charge in [0.2, 0.25) is 0 Å². The van der Waals surface area contributed by atoms with Crippen molar-refractivity contribution < 1.29 is 0 Å². The summed E-state index contributed by atoms with van der Waals surface area (Å²) in [6.07, 6.45) is 1.69. The summed E-state index contributed by atoms with van der Waals surface area (Å²) in [6.45, 7) is 0. The zero-order valence-electron chi connectivity index (χ0n) is 7.16. The minimum absolute atomic E-state index is 0.462. The molecule has 0 unspecified atom stereocenters. The molecule has 0 fully saturated rings. The third kappa shape index (κ3) is 1.42. The van der Waals surface area contributed by atoms with E-state index in [0.29, 0.717) is 11.4 Å². The van der Waals surface area contributed by atoms with Crippen LogP contribution in [0.1, 0.15) is 5.56 Å². The van der Waals surface area contributed by atoms with Gasteiger partial charge in [0.15, 0.2) is 0 Å². The largest absolute Gasteiger partial charge is 0.384 e. The Hall–Kier alpha value is -1.60. The SMILES string of the molecule is N#Cc1cc2cc(N)ncc2cc1Br. The van der Waals surface area contributed by atoms with Gasteiger partial charge in [-0.15, -0.1) is 0 Å². The van der Waals surface area contributed by atoms with Gasteiger partial charge < -0.3 is 5.73 Å². The summed E-state index contributed by atoms with van der Waals surface area (Å²) in [5, 5.41) is 10.7. The van der Waals surface area contributed by atoms with Gasteiger partial charge in [-0.1, -0.05) is 0 Å². The van der Waals surface area contributed by atoms with E-state index in [4.69, 9.17) is 11.0 Å². The molecule has 0 amide bonds. The fraction of sp³-hybridized carbons (Fsp3) is 0. The Balaban J connectivity index is 2.82. The lowest BCUT2D eigenvalue weighted by Crippen LogP contribution is -1.89. The van der Waals surface area contributed by atoms with Crippen molar-refractivity contribution in [1.82, 2.24) is 4.98 Å². The maximum Gasteiger partial charge on any atom is 0.123 e. The second-order valence-electron chi connectivity index (χ2n) is 2.90. The highest BCUT2D eigenvalue weighted by molar-refractivity contribution is 9.10. The van der Waals surface area contributed by atoms with Crippen LogP contribution in [-0.4, -0.2) is 4.98 Å². The molecule has 1 aromatic carbocycles. The van der Waals surface area contributed by atoms with E-state index < -0.39 is 0 Å². The predicted octanol–water partition coefficient (Wildman–Crippen LogP) is 2.45. The number of anilines is 1. The van der Waals surface area contributed by atoms with E-state index in [-0.39, 0.29) is 0 Å². The van der Waals surface area contributed by atoms with E-state index in [1.54, 1.807) is 18.3 Å². The average molecular weight is 248 g/mol. The number of halogens is 1. The van der Waals surface area contributed by atoms with E-state index in [9.17, 15) is 0 Å². The molecule has 0 saturated heterocycles. The van der Waals surface area contributed by atoms with E-state index in [1.807, 2.05) is 6.07 Å². The molecule has 0 aliphatic heterocycles. The molecule has 4 heteroatoms. The molecule has 1 aromatic heterocycles. The van der Waals surface area contributed by atoms with Crippen LogP contribution in [-0.2, 0) is 0 Å². The summed E-state index contributed by atoms with van der Waals surface area (Å²) < 4.78 is 0.777. The molecule has 0 radical (unpaired) electrons. The molecule has 14 heavy (non-hydrogen) atoms. The quantitative estimate of drug-likeness (QED) is 0.778. The average Bonchev–Trinajstić information content (AvgIpc) is 2.17. The minimum atomic E-state index is 0.462. The van der Waals surface area contributed by atoms with Gasteiger partial charge in [-0.3, -0.25) is 0 Å². The lowest BCUT2D eigenvalue weighted by Gasteiger charge is -2.01. The molecular weight excluding hydrogens is 242 g/mol. The van der Waals surface area contributed by atoms with Crippen LogP contribution >= 0.6 is 15.9 Å². The Morgan fingerprint density at radius 1 is 1.29 bits per heavy atom. The summed E-state index contributed by atoms with van der Waals surface area (Å²) in [6, 6.07) is 7.50. The van der Waals surface area contributed by atoms with Crippen LogP contribution < -0.4 is 5.73 Å². The number of aromatic nitrogens is 1. The number of benzene rings is 1. The number of nitrogens with zero attached hydrogens (tertiary/aromatic N) is 2. The Bertz CT molecular complexity index is 543. The van der Waals surface area contributed by atoms with Crippen LogP contribution in [0.5, 0.6) is 0 Å². The van der Waals surface area contributed by atoms with E-state index in [0.717, 1.165) is 15.2 Å². The first-order valence-corrected chi connectivity index (χ1v) is 4.75. The van der Waals surface area contributed by atoms with Crippen molar-refractivity contribution >= 4 is 32.5 Å². The fourth-order valence-electron chi connectivity index (χ4n) is 1.27. The second-order valence-corrected chi connectivity index (χ2v) is 3.75. The van der Waals surface area contributed by atoms with Crippen LogP contribution in [0, 0.1) is 11.3 Å². The van der Waals surface area contributed by atoms with Crippen molar-refractivity contribution in [1.29, 1.82) is 5.26 Å². The minimum Gasteiger partial charge on any atom is -0.384 e. The zero-order valence-corrected chi connectivity index (χ0v) is 8.75. The van der Waals surface area contributed by atoms with Crippen LogP contribution in [0.25, 0.3) is 10.8 Å². The van der Waals surface area contributed by atoms with Crippen molar-refractivity contribution in [2.75, 3.05) is 5.73 Å². The zero-order chi connectivity index (χ0) is 10.1. The third-order valence-electron chi connectivity index (χ3n) is 1.95. The third-order valence-corrected chi connectivity index (χ3v) is 2.61. The molecule has 1 heterocycles. The molecule has 2 aromatic rings. The molecule has 0 spiro atoms. The van der Waals surface area contributed by atoms with E-state index >= 15 is 0 Å². The molecule has 2 N–H and O–H groups in total. The van der Waals surface area contributed by atoms with Crippen LogP contribution in [0.4, 0.5) is 5.82 Å². The first-order chi connectivity index (χ1) is 6.70. The summed E-state index contributed by atoms with van der Waals surface area (Å²) in [4.78, 5) is 3.98. The molecule has 2 rings (SSSR count). The molecule has 0 saturated carbocycles. The number of rotatable bonds is 0. The van der Waals surface area contributed by atoms with Gasteiger partial charge >= 0.3 is 0 Å². The molecule has 68 valence electrons. The fourth-order valence-corrected chi connectivity index (χ4v) is 1.72. The number of pyridine rings is 1. The van der Waals surface area contributed by atoms with Gasteiger partial charge in [0.1, 0.15) is 11.9 Å². The maximum absolute atomic E-state index is 8.82. The van der Waals surface area contributed by atoms with E-state index in [2.05, 4.69) is 27.0 Å². The standard InChI is InChI=1S/C10H6BrN3/c11-9-2-8-5-14-10(13)3-6(8)1-7(9)4-12/h1-3,5H,(H2,13,14). The van der Waals surface area contributed by atoms with Crippen molar-refractivity contribution in [3.8, 4) is 6.07 Å². The number of hydrogen-bond acceptors (Lipinski definition) is 3. The van der Waals surface area contributed by atoms with Crippen LogP contribution in [0.2, 0.25) is 0 Å². The highest BCUT2D eigenvalue weighted by Gasteiger charge is 2.02. The van der Waals surface area contributed by atoms with Gasteiger partial charge in [-0.25, -0.2) is 4.98 Å². The smallest absolute Gasteiger partial charge is 0.123 e. The molecule has 0 bridgehead atoms. The second kappa shape index (κ2) is 3.28. The van der Waals surface area contributed by atoms with Crippen molar-refractivity contribution in [3.63, 3.8) is 0 Å². The number of hydrogen-bond donors (Lipinski definition) is 1. The first kappa shape index (κ1) is 8.97. The lowest BCUT2D eigenvalue weighted by molar-refractivity contribution is 1.36. The van der Waals surface area contributed by atoms with Crippen molar-refractivity contribution in [2.24, 2.45) is 0 Å². The number of nitrogen functional groups attached to an aromatic ring is 1. The molecular formula is C10H6BrN3. The number of fused-ring (bicyclic) bond motifs is 1. The Morgan fingerprint density at radius 2 is 2.07 bits per heavy atom.